The molecule has 4 aromatic rings. The maximum Gasteiger partial charge on any atom is 0.305 e. The molecule has 11 heteroatoms. The number of para-hydroxylation sites is 1. The first-order valence-corrected chi connectivity index (χ1v) is 10.5. The highest BCUT2D eigenvalue weighted by atomic mass is 79.9. The molecule has 0 spiro atoms. The molecule has 1 amide bonds. The van der Waals surface area contributed by atoms with Crippen LogP contribution in [-0.2, 0) is 18.4 Å². The Hall–Kier alpha value is -3.34. The number of imidazole rings is 1. The average Bonchev–Trinajstić information content (AvgIpc) is 3.29. The van der Waals surface area contributed by atoms with Crippen molar-refractivity contribution < 1.29 is 9.53 Å². The Kier molecular flexibility index (Phi) is 5.94. The molecule has 3 aromatic heterocycles. The van der Waals surface area contributed by atoms with Crippen molar-refractivity contribution in [3.8, 4) is 12.0 Å². The molecule has 4 rings (SSSR count). The van der Waals surface area contributed by atoms with Crippen molar-refractivity contribution in [3.63, 3.8) is 0 Å². The van der Waals surface area contributed by atoms with E-state index in [0.717, 1.165) is 15.5 Å². The molecule has 0 radical (unpaired) electrons. The van der Waals surface area contributed by atoms with Gasteiger partial charge in [-0.05, 0) is 56.5 Å². The normalized spacial score (nSPS) is 11.3. The van der Waals surface area contributed by atoms with Gasteiger partial charge in [-0.25, -0.2) is 14.2 Å². The topological polar surface area (TPSA) is 113 Å². The van der Waals surface area contributed by atoms with E-state index in [1.807, 2.05) is 44.2 Å². The number of amides is 1. The lowest BCUT2D eigenvalue weighted by atomic mass is 10.1. The van der Waals surface area contributed by atoms with Crippen LogP contribution in [0.25, 0.3) is 17.0 Å². The third-order valence-corrected chi connectivity index (χ3v) is 5.06. The van der Waals surface area contributed by atoms with Gasteiger partial charge in [0, 0.05) is 17.9 Å². The van der Waals surface area contributed by atoms with Gasteiger partial charge < -0.3 is 10.1 Å². The minimum Gasteiger partial charge on any atom is -0.458 e. The zero-order chi connectivity index (χ0) is 22.0. The Morgan fingerprint density at radius 1 is 1.19 bits per heavy atom. The molecule has 0 saturated heterocycles. The Bertz CT molecular complexity index is 1230. The molecule has 1 N–H and O–H groups in total. The third-order valence-electron chi connectivity index (χ3n) is 4.42. The van der Waals surface area contributed by atoms with Crippen molar-refractivity contribution in [1.82, 2.24) is 34.7 Å². The van der Waals surface area contributed by atoms with E-state index in [1.165, 1.54) is 4.68 Å². The molecule has 0 saturated carbocycles. The van der Waals surface area contributed by atoms with E-state index in [0.29, 0.717) is 29.9 Å². The number of halogens is 1. The number of carbonyl (C=O) groups is 1. The van der Waals surface area contributed by atoms with E-state index in [2.05, 4.69) is 46.7 Å². The lowest BCUT2D eigenvalue weighted by molar-refractivity contribution is -0.116. The molecular weight excluding hydrogens is 464 g/mol. The predicted octanol–water partition coefficient (Wildman–Crippen LogP) is 3.27. The Morgan fingerprint density at radius 3 is 2.74 bits per heavy atom. The van der Waals surface area contributed by atoms with Crippen LogP contribution < -0.4 is 10.1 Å². The van der Waals surface area contributed by atoms with Crippen LogP contribution in [0.5, 0.6) is 6.01 Å². The number of aromatic nitrogens is 7. The van der Waals surface area contributed by atoms with Gasteiger partial charge in [0.2, 0.25) is 5.91 Å². The molecule has 160 valence electrons. The van der Waals surface area contributed by atoms with Gasteiger partial charge in [-0.3, -0.25) is 4.79 Å². The number of hydrogen-bond acceptors (Lipinski definition) is 7. The van der Waals surface area contributed by atoms with Crippen LogP contribution >= 0.6 is 15.9 Å². The smallest absolute Gasteiger partial charge is 0.305 e. The molecule has 0 aliphatic rings. The van der Waals surface area contributed by atoms with E-state index in [-0.39, 0.29) is 18.4 Å². The summed E-state index contributed by atoms with van der Waals surface area (Å²) in [5, 5.41) is 14.5. The van der Waals surface area contributed by atoms with Crippen LogP contribution in [0.4, 0.5) is 5.82 Å². The van der Waals surface area contributed by atoms with Crippen molar-refractivity contribution in [2.24, 2.45) is 13.0 Å². The summed E-state index contributed by atoms with van der Waals surface area (Å²) in [6, 6.07) is 11.5. The second-order valence-corrected chi connectivity index (χ2v) is 8.24. The van der Waals surface area contributed by atoms with Crippen LogP contribution in [0.3, 0.4) is 0 Å². The predicted molar refractivity (Wildman–Crippen MR) is 118 cm³/mol. The number of nitrogens with one attached hydrogen (secondary N) is 1. The summed E-state index contributed by atoms with van der Waals surface area (Å²) >= 11 is 3.53. The second kappa shape index (κ2) is 8.80. The Balaban J connectivity index is 1.60. The SMILES string of the molecule is CC(C)CC(=O)Nc1cccc(COc2nc3c(Br)cccc3n2-c2nnnn2C)n1. The molecule has 1 aromatic carbocycles. The van der Waals surface area contributed by atoms with Gasteiger partial charge in [-0.1, -0.05) is 31.1 Å². The minimum atomic E-state index is -0.0676. The second-order valence-electron chi connectivity index (χ2n) is 7.39. The molecule has 3 heterocycles. The molecule has 0 fully saturated rings. The number of pyridine rings is 1. The molecule has 31 heavy (non-hydrogen) atoms. The summed E-state index contributed by atoms with van der Waals surface area (Å²) < 4.78 is 10.1. The number of tetrazole rings is 1. The van der Waals surface area contributed by atoms with Crippen LogP contribution in [-0.4, -0.2) is 40.6 Å². The zero-order valence-corrected chi connectivity index (χ0v) is 18.9. The third kappa shape index (κ3) is 4.55. The Labute approximate surface area is 186 Å². The van der Waals surface area contributed by atoms with E-state index in [1.54, 1.807) is 17.7 Å². The number of benzene rings is 1. The van der Waals surface area contributed by atoms with Gasteiger partial charge in [0.05, 0.1) is 11.2 Å². The van der Waals surface area contributed by atoms with Gasteiger partial charge in [0.1, 0.15) is 17.9 Å². The highest BCUT2D eigenvalue weighted by molar-refractivity contribution is 9.10. The number of anilines is 1. The zero-order valence-electron chi connectivity index (χ0n) is 17.3. The first-order valence-electron chi connectivity index (χ1n) is 9.70. The maximum atomic E-state index is 12.0. The number of fused-ring (bicyclic) bond motifs is 1. The number of carbonyl (C=O) groups excluding carboxylic acids is 1. The van der Waals surface area contributed by atoms with Crippen molar-refractivity contribution in [3.05, 3.63) is 46.6 Å². The molecule has 0 atom stereocenters. The lowest BCUT2D eigenvalue weighted by Crippen LogP contribution is -2.15. The first-order chi connectivity index (χ1) is 14.9. The van der Waals surface area contributed by atoms with Gasteiger partial charge >= 0.3 is 6.01 Å². The summed E-state index contributed by atoms with van der Waals surface area (Å²) in [4.78, 5) is 21.1. The molecule has 0 unspecified atom stereocenters. The van der Waals surface area contributed by atoms with E-state index >= 15 is 0 Å². The van der Waals surface area contributed by atoms with Gasteiger partial charge in [-0.15, -0.1) is 0 Å². The first kappa shape index (κ1) is 20.9. The molecular formula is C20H21BrN8O2. The molecule has 0 aliphatic heterocycles. The minimum absolute atomic E-state index is 0.0676. The monoisotopic (exact) mass is 484 g/mol. The van der Waals surface area contributed by atoms with E-state index < -0.39 is 0 Å². The molecule has 0 aliphatic carbocycles. The van der Waals surface area contributed by atoms with E-state index in [4.69, 9.17) is 4.74 Å². The fourth-order valence-corrected chi connectivity index (χ4v) is 3.53. The molecule has 0 bridgehead atoms. The highest BCUT2D eigenvalue weighted by Crippen LogP contribution is 2.30. The Morgan fingerprint density at radius 2 is 2.00 bits per heavy atom. The standard InChI is InChI=1S/C20H21BrN8O2/c1-12(2)10-17(30)23-16-9-4-6-13(22-16)11-31-20-24-18-14(21)7-5-8-15(18)29(20)19-25-26-27-28(19)3/h4-9,12H,10-11H2,1-3H3,(H,22,23,30). The van der Waals surface area contributed by atoms with E-state index in [9.17, 15) is 4.79 Å². The number of rotatable bonds is 7. The quantitative estimate of drug-likeness (QED) is 0.428. The fraction of sp³-hybridized carbons (Fsp3) is 0.300. The van der Waals surface area contributed by atoms with Gasteiger partial charge in [-0.2, -0.15) is 4.98 Å². The van der Waals surface area contributed by atoms with Gasteiger partial charge in [0.25, 0.3) is 5.95 Å². The number of nitrogens with zero attached hydrogens (tertiary/aromatic N) is 7. The number of hydrogen-bond donors (Lipinski definition) is 1. The summed E-state index contributed by atoms with van der Waals surface area (Å²) in [6.45, 7) is 4.14. The average molecular weight is 485 g/mol. The van der Waals surface area contributed by atoms with Crippen molar-refractivity contribution in [2.45, 2.75) is 26.9 Å². The number of aryl methyl sites for hydroxylation is 1. The highest BCUT2D eigenvalue weighted by Gasteiger charge is 2.19. The van der Waals surface area contributed by atoms with Crippen LogP contribution in [0.1, 0.15) is 26.0 Å². The van der Waals surface area contributed by atoms with Crippen molar-refractivity contribution in [2.75, 3.05) is 5.32 Å². The maximum absolute atomic E-state index is 12.0. The largest absolute Gasteiger partial charge is 0.458 e. The van der Waals surface area contributed by atoms with Gasteiger partial charge in [0.15, 0.2) is 0 Å². The fourth-order valence-electron chi connectivity index (χ4n) is 3.08. The summed E-state index contributed by atoms with van der Waals surface area (Å²) in [7, 11) is 1.74. The van der Waals surface area contributed by atoms with Crippen LogP contribution in [0, 0.1) is 5.92 Å². The summed E-state index contributed by atoms with van der Waals surface area (Å²) in [6.07, 6.45) is 0.438. The van der Waals surface area contributed by atoms with Crippen molar-refractivity contribution in [1.29, 1.82) is 0 Å². The summed E-state index contributed by atoms with van der Waals surface area (Å²) in [5.41, 5.74) is 2.17. The number of ether oxygens (including phenoxy) is 1. The van der Waals surface area contributed by atoms with Crippen molar-refractivity contribution >= 4 is 38.7 Å². The lowest BCUT2D eigenvalue weighted by Gasteiger charge is -2.10. The van der Waals surface area contributed by atoms with Crippen LogP contribution in [0.2, 0.25) is 0 Å². The van der Waals surface area contributed by atoms with Crippen LogP contribution in [0.15, 0.2) is 40.9 Å². The molecule has 10 nitrogen and oxygen atoms in total. The summed E-state index contributed by atoms with van der Waals surface area (Å²) in [5.74, 6) is 1.16.